The predicted octanol–water partition coefficient (Wildman–Crippen LogP) is 2.00. The second-order valence-corrected chi connectivity index (χ2v) is 4.84. The molecule has 2 heterocycles. The van der Waals surface area contributed by atoms with Gasteiger partial charge in [-0.15, -0.1) is 0 Å². The number of aromatic hydroxyl groups is 1. The molecular weight excluding hydrogens is 306 g/mol. The molecule has 0 bridgehead atoms. The van der Waals surface area contributed by atoms with Crippen LogP contribution in [0.25, 0.3) is 11.0 Å². The summed E-state index contributed by atoms with van der Waals surface area (Å²) in [4.78, 5) is 32.6. The van der Waals surface area contributed by atoms with E-state index in [9.17, 15) is 14.7 Å². The summed E-state index contributed by atoms with van der Waals surface area (Å²) in [6, 6.07) is 5.43. The molecule has 0 spiro atoms. The number of rotatable bonds is 2. The van der Waals surface area contributed by atoms with Gasteiger partial charge in [0.1, 0.15) is 23.4 Å². The minimum atomic E-state index is -0.392. The van der Waals surface area contributed by atoms with Gasteiger partial charge in [0, 0.05) is 18.3 Å². The molecule has 3 aromatic rings. The highest BCUT2D eigenvalue weighted by molar-refractivity contribution is 7.71. The van der Waals surface area contributed by atoms with Gasteiger partial charge in [0.05, 0.1) is 10.9 Å². The van der Waals surface area contributed by atoms with E-state index < -0.39 is 5.56 Å². The van der Waals surface area contributed by atoms with Gasteiger partial charge in [-0.05, 0) is 24.4 Å². The molecule has 110 valence electrons. The van der Waals surface area contributed by atoms with Crippen LogP contribution in [0.1, 0.15) is 5.56 Å². The highest BCUT2D eigenvalue weighted by Crippen LogP contribution is 2.17. The van der Waals surface area contributed by atoms with E-state index in [1.807, 2.05) is 0 Å². The Morgan fingerprint density at radius 1 is 1.23 bits per heavy atom. The average molecular weight is 315 g/mol. The molecule has 0 saturated heterocycles. The lowest BCUT2D eigenvalue weighted by atomic mass is 10.2. The number of H-pyrrole nitrogens is 2. The van der Waals surface area contributed by atoms with Crippen molar-refractivity contribution in [2.24, 2.45) is 4.99 Å². The molecule has 0 radical (unpaired) electrons. The first kappa shape index (κ1) is 14.0. The van der Waals surface area contributed by atoms with Crippen LogP contribution in [0.4, 0.5) is 5.82 Å². The van der Waals surface area contributed by atoms with Crippen LogP contribution in [0.15, 0.2) is 49.5 Å². The number of aromatic amines is 2. The first-order valence-corrected chi connectivity index (χ1v) is 6.56. The van der Waals surface area contributed by atoms with E-state index in [2.05, 4.69) is 15.0 Å². The molecule has 1 aromatic carbocycles. The maximum absolute atomic E-state index is 12.3. The molecule has 3 N–H and O–H groups in total. The number of nitrogens with one attached hydrogen (secondary N) is 2. The number of hydrogen-bond donors (Lipinski definition) is 3. The topological polar surface area (TPSA) is 111 Å². The average Bonchev–Trinajstić information content (AvgIpc) is 2.45. The van der Waals surface area contributed by atoms with E-state index in [0.717, 1.165) is 0 Å². The van der Waals surface area contributed by atoms with Crippen molar-refractivity contribution in [1.82, 2.24) is 9.97 Å². The summed E-state index contributed by atoms with van der Waals surface area (Å²) in [6.45, 7) is 0. The van der Waals surface area contributed by atoms with E-state index in [-0.39, 0.29) is 32.9 Å². The third kappa shape index (κ3) is 2.72. The Morgan fingerprint density at radius 2 is 2.05 bits per heavy atom. The molecule has 0 aliphatic rings. The smallest absolute Gasteiger partial charge is 0.253 e. The van der Waals surface area contributed by atoms with Crippen molar-refractivity contribution in [3.8, 4) is 5.75 Å². The van der Waals surface area contributed by atoms with E-state index in [1.165, 1.54) is 36.7 Å². The van der Waals surface area contributed by atoms with Crippen LogP contribution in [0.3, 0.4) is 0 Å². The fourth-order valence-electron chi connectivity index (χ4n) is 1.89. The Kier molecular flexibility index (Phi) is 3.43. The fraction of sp³-hybridized carbons (Fsp3) is 0. The molecule has 0 saturated carbocycles. The van der Waals surface area contributed by atoms with Crippen LogP contribution in [0, 0.1) is 4.77 Å². The number of nitrogens with zero attached hydrogens (tertiary/aromatic N) is 1. The van der Waals surface area contributed by atoms with Crippen molar-refractivity contribution in [3.63, 3.8) is 0 Å². The molecule has 7 nitrogen and oxygen atoms in total. The molecule has 0 unspecified atom stereocenters. The monoisotopic (exact) mass is 315 g/mol. The third-order valence-corrected chi connectivity index (χ3v) is 3.08. The summed E-state index contributed by atoms with van der Waals surface area (Å²) in [7, 11) is 0. The Labute approximate surface area is 127 Å². The van der Waals surface area contributed by atoms with Gasteiger partial charge in [0.25, 0.3) is 5.56 Å². The van der Waals surface area contributed by atoms with E-state index in [1.54, 1.807) is 0 Å². The van der Waals surface area contributed by atoms with Gasteiger partial charge in [-0.2, -0.15) is 0 Å². The van der Waals surface area contributed by atoms with Crippen LogP contribution in [-0.4, -0.2) is 21.3 Å². The number of phenols is 1. The molecule has 0 aliphatic carbocycles. The van der Waals surface area contributed by atoms with E-state index in [0.29, 0.717) is 5.39 Å². The second kappa shape index (κ2) is 5.41. The number of aliphatic imine (C=N–C) groups is 1. The number of hydrogen-bond acceptors (Lipinski definition) is 6. The van der Waals surface area contributed by atoms with Crippen LogP contribution < -0.4 is 11.0 Å². The van der Waals surface area contributed by atoms with Crippen LogP contribution in [-0.2, 0) is 0 Å². The van der Waals surface area contributed by atoms with Crippen LogP contribution in [0.5, 0.6) is 5.75 Å². The molecule has 3 rings (SSSR count). The summed E-state index contributed by atoms with van der Waals surface area (Å²) >= 11 is 4.83. The Morgan fingerprint density at radius 3 is 2.82 bits per heavy atom. The second-order valence-electron chi connectivity index (χ2n) is 4.43. The SMILES string of the molecule is O=c1cc(/N=C/c2coc3cc(O)ccc3c2=O)[nH]c(=S)[nH]1. The maximum Gasteiger partial charge on any atom is 0.253 e. The zero-order valence-corrected chi connectivity index (χ0v) is 11.8. The Hall–Kier alpha value is -3.00. The number of benzene rings is 1. The number of phenolic OH excluding ortho intramolecular Hbond substituents is 1. The van der Waals surface area contributed by atoms with Crippen molar-refractivity contribution < 1.29 is 9.52 Å². The van der Waals surface area contributed by atoms with Crippen molar-refractivity contribution in [2.45, 2.75) is 0 Å². The molecule has 0 fully saturated rings. The fourth-order valence-corrected chi connectivity index (χ4v) is 2.09. The highest BCUT2D eigenvalue weighted by Gasteiger charge is 2.06. The van der Waals surface area contributed by atoms with Crippen molar-refractivity contribution >= 4 is 35.2 Å². The van der Waals surface area contributed by atoms with Crippen molar-refractivity contribution in [2.75, 3.05) is 0 Å². The molecule has 0 aliphatic heterocycles. The first-order chi connectivity index (χ1) is 10.5. The quantitative estimate of drug-likeness (QED) is 0.494. The van der Waals surface area contributed by atoms with Gasteiger partial charge in [0.15, 0.2) is 4.77 Å². The van der Waals surface area contributed by atoms with Crippen molar-refractivity contribution in [1.29, 1.82) is 0 Å². The van der Waals surface area contributed by atoms with Crippen LogP contribution in [0.2, 0.25) is 0 Å². The van der Waals surface area contributed by atoms with E-state index in [4.69, 9.17) is 16.6 Å². The number of fused-ring (bicyclic) bond motifs is 1. The number of aromatic nitrogens is 2. The maximum atomic E-state index is 12.3. The summed E-state index contributed by atoms with van der Waals surface area (Å²) in [5.74, 6) is 0.229. The molecule has 0 atom stereocenters. The zero-order chi connectivity index (χ0) is 15.7. The summed E-state index contributed by atoms with van der Waals surface area (Å²) in [5.41, 5.74) is -0.208. The van der Waals surface area contributed by atoms with Gasteiger partial charge >= 0.3 is 0 Å². The minimum Gasteiger partial charge on any atom is -0.508 e. The molecule has 8 heteroatoms. The first-order valence-electron chi connectivity index (χ1n) is 6.15. The van der Waals surface area contributed by atoms with Gasteiger partial charge in [-0.3, -0.25) is 14.6 Å². The van der Waals surface area contributed by atoms with Gasteiger partial charge in [-0.25, -0.2) is 4.99 Å². The Bertz CT molecular complexity index is 1030. The zero-order valence-electron chi connectivity index (χ0n) is 11.0. The van der Waals surface area contributed by atoms with Gasteiger partial charge < -0.3 is 14.5 Å². The summed E-state index contributed by atoms with van der Waals surface area (Å²) in [5, 5.41) is 9.68. The van der Waals surface area contributed by atoms with Crippen molar-refractivity contribution in [3.05, 3.63) is 61.4 Å². The molecule has 2 aromatic heterocycles. The lowest BCUT2D eigenvalue weighted by molar-refractivity contribution is 0.474. The molecule has 0 amide bonds. The lowest BCUT2D eigenvalue weighted by Gasteiger charge is -1.99. The Balaban J connectivity index is 2.07. The predicted molar refractivity (Wildman–Crippen MR) is 83.7 cm³/mol. The summed E-state index contributed by atoms with van der Waals surface area (Å²) < 4.78 is 5.43. The molecular formula is C14H9N3O4S. The van der Waals surface area contributed by atoms with E-state index >= 15 is 0 Å². The minimum absolute atomic E-state index is 0.00755. The molecule has 22 heavy (non-hydrogen) atoms. The highest BCUT2D eigenvalue weighted by atomic mass is 32.1. The standard InChI is InChI=1S/C14H9N3O4S/c18-8-1-2-9-10(3-8)21-6-7(13(9)20)5-15-11-4-12(19)17-14(22)16-11/h1-6,18H,(H2,16,17,19,22)/b15-5+. The summed E-state index contributed by atoms with van der Waals surface area (Å²) in [6.07, 6.45) is 2.51. The van der Waals surface area contributed by atoms with Gasteiger partial charge in [0.2, 0.25) is 5.43 Å². The lowest BCUT2D eigenvalue weighted by Crippen LogP contribution is -2.08. The third-order valence-electron chi connectivity index (χ3n) is 2.87. The van der Waals surface area contributed by atoms with Crippen LogP contribution >= 0.6 is 12.2 Å². The van der Waals surface area contributed by atoms with Gasteiger partial charge in [-0.1, -0.05) is 0 Å². The normalized spacial score (nSPS) is 11.3. The largest absolute Gasteiger partial charge is 0.508 e.